The SMILES string of the molecule is CC/C=C\C/C=C\C/C=C\C/C=C\C=C/C(O)C/C=C\CCC(=O)OC[C@H](COP(=O)(O)OC1[C@H](O)[C@H](O)C(O)[C@H](O)[C@H]1O)OC(=O)CCCCCCCCC/C=C\CCCCCCCC. The van der Waals surface area contributed by atoms with Crippen LogP contribution in [0.1, 0.15) is 162 Å². The molecule has 0 radical (unpaired) electrons. The van der Waals surface area contributed by atoms with Crippen molar-refractivity contribution in [1.29, 1.82) is 0 Å². The summed E-state index contributed by atoms with van der Waals surface area (Å²) in [5.41, 5.74) is 0. The highest BCUT2D eigenvalue weighted by atomic mass is 31.2. The number of allylic oxidation sites excluding steroid dienone is 12. The summed E-state index contributed by atoms with van der Waals surface area (Å²) in [7, 11) is -5.17. The normalized spacial score (nSPS) is 22.5. The molecule has 14 nitrogen and oxygen atoms in total. The molecule has 1 aliphatic carbocycles. The molecule has 0 aliphatic heterocycles. The van der Waals surface area contributed by atoms with Gasteiger partial charge in [0.15, 0.2) is 6.10 Å². The van der Waals surface area contributed by atoms with Crippen LogP contribution in [0.3, 0.4) is 0 Å². The number of aliphatic hydroxyl groups is 6. The lowest BCUT2D eigenvalue weighted by Gasteiger charge is -2.41. The van der Waals surface area contributed by atoms with Gasteiger partial charge in [-0.2, -0.15) is 0 Å². The standard InChI is InChI=1S/C51H85O14P/c1-3-5-7-9-11-13-15-17-18-19-20-22-24-26-28-30-34-39-45(54)64-43(41-63-66(60,61)65-51-49(58)47(56)46(55)48(57)50(51)59)40-62-44(53)38-35-31-33-37-42(52)36-32-29-27-25-23-21-16-14-12-10-8-6-4-2/h6,8,12,14,17-18,21,23,27,29,31-33,36,42-43,46-52,55-59H,3-5,7,9-11,13,15-16,19-20,22,24-26,28,30,34-35,37-41H2,1-2H3,(H,60,61)/b8-6-,14-12-,18-17-,23-21-,29-27-,33-31-,36-32-/t42?,43-,46?,47-,48+,49-,50-,51?/m1/s1. The third-order valence-electron chi connectivity index (χ3n) is 10.8. The van der Waals surface area contributed by atoms with Gasteiger partial charge in [0, 0.05) is 12.8 Å². The number of esters is 2. The average molecular weight is 953 g/mol. The minimum Gasteiger partial charge on any atom is -0.462 e. The van der Waals surface area contributed by atoms with E-state index < -0.39 is 81.8 Å². The van der Waals surface area contributed by atoms with Crippen molar-refractivity contribution in [3.05, 3.63) is 85.1 Å². The number of rotatable bonds is 39. The summed E-state index contributed by atoms with van der Waals surface area (Å²) in [5, 5.41) is 60.4. The molecular formula is C51H85O14P. The van der Waals surface area contributed by atoms with Gasteiger partial charge >= 0.3 is 19.8 Å². The fourth-order valence-corrected chi connectivity index (χ4v) is 7.83. The van der Waals surface area contributed by atoms with Crippen LogP contribution in [0.5, 0.6) is 0 Å². The number of phosphoric acid groups is 1. The van der Waals surface area contributed by atoms with Crippen molar-refractivity contribution in [1.82, 2.24) is 0 Å². The van der Waals surface area contributed by atoms with Gasteiger partial charge in [0.05, 0.1) is 12.7 Å². The molecule has 7 N–H and O–H groups in total. The molecule has 1 saturated carbocycles. The Morgan fingerprint density at radius 2 is 1.08 bits per heavy atom. The predicted molar refractivity (Wildman–Crippen MR) is 259 cm³/mol. The number of hydrogen-bond acceptors (Lipinski definition) is 13. The molecule has 0 saturated heterocycles. The molecule has 0 bridgehead atoms. The fraction of sp³-hybridized carbons (Fsp3) is 0.686. The third kappa shape index (κ3) is 31.9. The lowest BCUT2D eigenvalue weighted by molar-refractivity contribution is -0.220. The van der Waals surface area contributed by atoms with E-state index in [1.54, 1.807) is 24.3 Å². The van der Waals surface area contributed by atoms with Gasteiger partial charge in [0.25, 0.3) is 0 Å². The molecule has 0 aromatic carbocycles. The summed E-state index contributed by atoms with van der Waals surface area (Å²) in [6.45, 7) is 3.03. The van der Waals surface area contributed by atoms with Crippen LogP contribution >= 0.6 is 7.82 Å². The first-order valence-electron chi connectivity index (χ1n) is 24.5. The van der Waals surface area contributed by atoms with Crippen LogP contribution in [0.25, 0.3) is 0 Å². The van der Waals surface area contributed by atoms with Gasteiger partial charge in [-0.25, -0.2) is 4.57 Å². The van der Waals surface area contributed by atoms with E-state index in [1.807, 2.05) is 12.2 Å². The Morgan fingerprint density at radius 1 is 0.561 bits per heavy atom. The van der Waals surface area contributed by atoms with E-state index >= 15 is 0 Å². The number of carbonyl (C=O) groups is 2. The number of carbonyl (C=O) groups excluding carboxylic acids is 2. The van der Waals surface area contributed by atoms with Gasteiger partial charge in [0.1, 0.15) is 43.2 Å². The van der Waals surface area contributed by atoms with Crippen molar-refractivity contribution in [2.45, 2.75) is 210 Å². The van der Waals surface area contributed by atoms with Crippen molar-refractivity contribution in [3.8, 4) is 0 Å². The number of unbranched alkanes of at least 4 members (excludes halogenated alkanes) is 13. The minimum absolute atomic E-state index is 0.0442. The zero-order valence-electron chi connectivity index (χ0n) is 39.8. The second kappa shape index (κ2) is 39.9. The van der Waals surface area contributed by atoms with Crippen molar-refractivity contribution in [2.75, 3.05) is 13.2 Å². The summed E-state index contributed by atoms with van der Waals surface area (Å²) < 4.78 is 33.4. The van der Waals surface area contributed by atoms with Gasteiger partial charge < -0.3 is 45.0 Å². The molecule has 0 amide bonds. The fourth-order valence-electron chi connectivity index (χ4n) is 6.86. The smallest absolute Gasteiger partial charge is 0.462 e. The summed E-state index contributed by atoms with van der Waals surface area (Å²) in [6, 6.07) is 0. The Bertz CT molecular complexity index is 1490. The Hall–Kier alpha value is -3.01. The molecule has 9 atom stereocenters. The molecule has 1 fully saturated rings. The molecule has 1 rings (SSSR count). The number of hydrogen-bond donors (Lipinski definition) is 7. The first-order valence-corrected chi connectivity index (χ1v) is 26.0. The highest BCUT2D eigenvalue weighted by Crippen LogP contribution is 2.47. The Labute approximate surface area is 395 Å². The lowest BCUT2D eigenvalue weighted by Crippen LogP contribution is -2.64. The summed E-state index contributed by atoms with van der Waals surface area (Å²) in [6.07, 6.45) is 35.1. The number of phosphoric ester groups is 1. The molecule has 0 aromatic rings. The monoisotopic (exact) mass is 953 g/mol. The summed E-state index contributed by atoms with van der Waals surface area (Å²) in [5.74, 6) is -1.29. The van der Waals surface area contributed by atoms with Crippen LogP contribution < -0.4 is 0 Å². The van der Waals surface area contributed by atoms with Crippen molar-refractivity contribution in [2.24, 2.45) is 0 Å². The molecule has 1 aliphatic rings. The highest BCUT2D eigenvalue weighted by Gasteiger charge is 2.51. The second-order valence-electron chi connectivity index (χ2n) is 16.8. The average Bonchev–Trinajstić information content (AvgIpc) is 3.29. The topological polar surface area (TPSA) is 230 Å². The van der Waals surface area contributed by atoms with E-state index in [-0.39, 0.29) is 12.8 Å². The molecule has 0 heterocycles. The Morgan fingerprint density at radius 3 is 1.67 bits per heavy atom. The summed E-state index contributed by atoms with van der Waals surface area (Å²) in [4.78, 5) is 35.8. The van der Waals surface area contributed by atoms with Crippen LogP contribution in [-0.4, -0.2) is 110 Å². The second-order valence-corrected chi connectivity index (χ2v) is 18.2. The summed E-state index contributed by atoms with van der Waals surface area (Å²) >= 11 is 0. The largest absolute Gasteiger partial charge is 0.472 e. The third-order valence-corrected chi connectivity index (χ3v) is 11.8. The molecule has 4 unspecified atom stereocenters. The van der Waals surface area contributed by atoms with E-state index in [9.17, 15) is 49.7 Å². The van der Waals surface area contributed by atoms with E-state index in [1.165, 1.54) is 38.5 Å². The van der Waals surface area contributed by atoms with Gasteiger partial charge in [-0.15, -0.1) is 0 Å². The van der Waals surface area contributed by atoms with E-state index in [0.29, 0.717) is 19.3 Å². The van der Waals surface area contributed by atoms with Crippen LogP contribution in [0.15, 0.2) is 85.1 Å². The van der Waals surface area contributed by atoms with Gasteiger partial charge in [-0.1, -0.05) is 163 Å². The quantitative estimate of drug-likeness (QED) is 0.0100. The molecule has 0 aromatic heterocycles. The van der Waals surface area contributed by atoms with E-state index in [0.717, 1.165) is 77.0 Å². The van der Waals surface area contributed by atoms with Crippen LogP contribution in [0.2, 0.25) is 0 Å². The molecular weight excluding hydrogens is 868 g/mol. The number of aliphatic hydroxyl groups excluding tert-OH is 6. The van der Waals surface area contributed by atoms with Crippen molar-refractivity contribution < 1.29 is 68.2 Å². The maximum atomic E-state index is 12.8. The van der Waals surface area contributed by atoms with Gasteiger partial charge in [-0.05, 0) is 70.6 Å². The van der Waals surface area contributed by atoms with Gasteiger partial charge in [-0.3, -0.25) is 18.6 Å². The Kier molecular flexibility index (Phi) is 36.9. The van der Waals surface area contributed by atoms with E-state index in [2.05, 4.69) is 62.5 Å². The maximum absolute atomic E-state index is 12.8. The van der Waals surface area contributed by atoms with Crippen molar-refractivity contribution in [3.63, 3.8) is 0 Å². The first kappa shape index (κ1) is 61.0. The molecule has 0 spiro atoms. The predicted octanol–water partition coefficient (Wildman–Crippen LogP) is 9.03. The maximum Gasteiger partial charge on any atom is 0.472 e. The zero-order valence-corrected chi connectivity index (χ0v) is 40.7. The number of ether oxygens (including phenoxy) is 2. The van der Waals surface area contributed by atoms with Crippen LogP contribution in [0.4, 0.5) is 0 Å². The first-order chi connectivity index (χ1) is 31.8. The molecule has 15 heteroatoms. The Balaban J connectivity index is 2.53. The minimum atomic E-state index is -5.17. The van der Waals surface area contributed by atoms with Crippen LogP contribution in [-0.2, 0) is 32.7 Å². The van der Waals surface area contributed by atoms with E-state index in [4.69, 9.17) is 18.5 Å². The van der Waals surface area contributed by atoms with Gasteiger partial charge in [0.2, 0.25) is 0 Å². The molecule has 378 valence electrons. The van der Waals surface area contributed by atoms with Crippen molar-refractivity contribution >= 4 is 19.8 Å². The van der Waals surface area contributed by atoms with Crippen LogP contribution in [0, 0.1) is 0 Å². The lowest BCUT2D eigenvalue weighted by atomic mass is 9.85. The highest BCUT2D eigenvalue weighted by molar-refractivity contribution is 7.47. The molecule has 66 heavy (non-hydrogen) atoms. The zero-order chi connectivity index (χ0) is 48.7.